The fraction of sp³-hybridized carbons (Fsp3) is 0.200. The molecule has 1 heterocycles. The van der Waals surface area contributed by atoms with Gasteiger partial charge in [-0.05, 0) is 31.4 Å². The molecule has 0 fully saturated rings. The maximum absolute atomic E-state index is 12.6. The zero-order chi connectivity index (χ0) is 27.4. The molecule has 0 spiro atoms. The summed E-state index contributed by atoms with van der Waals surface area (Å²) < 4.78 is 0. The van der Waals surface area contributed by atoms with Crippen LogP contribution in [0.2, 0.25) is 0 Å². The topological polar surface area (TPSA) is 121 Å². The van der Waals surface area contributed by atoms with Gasteiger partial charge in [-0.2, -0.15) is 0 Å². The second kappa shape index (κ2) is 11.1. The highest BCUT2D eigenvalue weighted by molar-refractivity contribution is 5.98. The minimum atomic E-state index is -1.32. The monoisotopic (exact) mass is 512 g/mol. The molecular weight excluding hydrogens is 484 g/mol. The molecule has 194 valence electrons. The Kier molecular flexibility index (Phi) is 7.71. The van der Waals surface area contributed by atoms with Gasteiger partial charge < -0.3 is 15.1 Å². The molecule has 0 bridgehead atoms. The van der Waals surface area contributed by atoms with E-state index in [2.05, 4.69) is 0 Å². The van der Waals surface area contributed by atoms with Gasteiger partial charge in [0.25, 0.3) is 5.69 Å². The van der Waals surface area contributed by atoms with E-state index in [4.69, 9.17) is 0 Å². The van der Waals surface area contributed by atoms with E-state index in [-0.39, 0.29) is 28.3 Å². The number of hydrogen-bond acceptors (Lipinski definition) is 5. The number of rotatable bonds is 9. The number of benzene rings is 3. The largest absolute Gasteiger partial charge is 0.478 e. The Balaban J connectivity index is 1.80. The minimum Gasteiger partial charge on any atom is -0.478 e. The summed E-state index contributed by atoms with van der Waals surface area (Å²) in [6, 6.07) is 25.6. The third-order valence-electron chi connectivity index (χ3n) is 7.12. The van der Waals surface area contributed by atoms with Crippen LogP contribution >= 0.6 is 0 Å². The predicted molar refractivity (Wildman–Crippen MR) is 143 cm³/mol. The van der Waals surface area contributed by atoms with Gasteiger partial charge in [-0.15, -0.1) is 0 Å². The molecule has 0 aliphatic carbocycles. The van der Waals surface area contributed by atoms with E-state index >= 15 is 0 Å². The Labute approximate surface area is 220 Å². The van der Waals surface area contributed by atoms with Gasteiger partial charge in [0.15, 0.2) is 0 Å². The molecule has 8 nitrogen and oxygen atoms in total. The molecule has 1 aliphatic heterocycles. The van der Waals surface area contributed by atoms with Crippen LogP contribution in [0, 0.1) is 10.1 Å². The zero-order valence-electron chi connectivity index (χ0n) is 21.1. The molecule has 0 saturated carbocycles. The number of nitrogens with zero attached hydrogens (tertiary/aromatic N) is 2. The first-order chi connectivity index (χ1) is 18.2. The molecule has 4 rings (SSSR count). The normalized spacial score (nSPS) is 14.2. The Morgan fingerprint density at radius 2 is 1.26 bits per heavy atom. The predicted octanol–water partition coefficient (Wildman–Crippen LogP) is 5.93. The second-order valence-corrected chi connectivity index (χ2v) is 9.17. The lowest BCUT2D eigenvalue weighted by atomic mass is 9.79. The van der Waals surface area contributed by atoms with Crippen molar-refractivity contribution in [2.75, 3.05) is 6.54 Å². The van der Waals surface area contributed by atoms with Gasteiger partial charge in [0, 0.05) is 35.5 Å². The average molecular weight is 513 g/mol. The van der Waals surface area contributed by atoms with Crippen molar-refractivity contribution in [1.82, 2.24) is 4.90 Å². The van der Waals surface area contributed by atoms with Crippen molar-refractivity contribution in [1.29, 1.82) is 0 Å². The standard InChI is InChI=1S/C30H28N2O6/c1-19-26(29(33)34)28(24-15-9-10-16-25(24)32(37)38)27(30(35)36)20(2)31(19)18-17-23(21-11-5-3-6-12-21)22-13-7-4-8-14-22/h3-16,23,28H,17-18H2,1-2H3,(H,33,34)(H,35,36). The van der Waals surface area contributed by atoms with Crippen molar-refractivity contribution < 1.29 is 24.7 Å². The summed E-state index contributed by atoms with van der Waals surface area (Å²) in [6.07, 6.45) is 0.582. The van der Waals surface area contributed by atoms with Crippen LogP contribution in [0.5, 0.6) is 0 Å². The summed E-state index contributed by atoms with van der Waals surface area (Å²) in [5.41, 5.74) is 2.26. The van der Waals surface area contributed by atoms with E-state index in [1.54, 1.807) is 24.8 Å². The molecule has 1 aliphatic rings. The molecule has 3 aromatic rings. The molecule has 2 N–H and O–H groups in total. The van der Waals surface area contributed by atoms with Crippen LogP contribution in [0.25, 0.3) is 0 Å². The van der Waals surface area contributed by atoms with Gasteiger partial charge in [-0.3, -0.25) is 10.1 Å². The molecule has 38 heavy (non-hydrogen) atoms. The van der Waals surface area contributed by atoms with Crippen molar-refractivity contribution >= 4 is 17.6 Å². The molecule has 0 aromatic heterocycles. The van der Waals surface area contributed by atoms with E-state index in [9.17, 15) is 29.9 Å². The van der Waals surface area contributed by atoms with E-state index in [0.29, 0.717) is 24.4 Å². The molecule has 3 aromatic carbocycles. The zero-order valence-corrected chi connectivity index (χ0v) is 21.1. The Morgan fingerprint density at radius 1 is 0.816 bits per heavy atom. The number of carboxylic acids is 2. The smallest absolute Gasteiger partial charge is 0.334 e. The molecular formula is C30H28N2O6. The summed E-state index contributed by atoms with van der Waals surface area (Å²) in [5.74, 6) is -3.93. The molecule has 0 radical (unpaired) electrons. The lowest BCUT2D eigenvalue weighted by Crippen LogP contribution is -2.35. The van der Waals surface area contributed by atoms with E-state index in [0.717, 1.165) is 11.1 Å². The van der Waals surface area contributed by atoms with E-state index < -0.39 is 22.8 Å². The molecule has 0 amide bonds. The van der Waals surface area contributed by atoms with Gasteiger partial charge >= 0.3 is 11.9 Å². The summed E-state index contributed by atoms with van der Waals surface area (Å²) in [7, 11) is 0. The fourth-order valence-electron chi connectivity index (χ4n) is 5.36. The second-order valence-electron chi connectivity index (χ2n) is 9.17. The highest BCUT2D eigenvalue weighted by atomic mass is 16.6. The van der Waals surface area contributed by atoms with Crippen LogP contribution in [0.1, 0.15) is 48.8 Å². The highest BCUT2D eigenvalue weighted by Gasteiger charge is 2.42. The minimum absolute atomic E-state index is 0.00695. The summed E-state index contributed by atoms with van der Waals surface area (Å²) in [4.78, 5) is 38.0. The average Bonchev–Trinajstić information content (AvgIpc) is 2.90. The first kappa shape index (κ1) is 26.3. The van der Waals surface area contributed by atoms with Crippen molar-refractivity contribution in [2.45, 2.75) is 32.1 Å². The quantitative estimate of drug-likeness (QED) is 0.269. The number of nitro benzene ring substituents is 1. The van der Waals surface area contributed by atoms with Crippen LogP contribution in [0.15, 0.2) is 107 Å². The van der Waals surface area contributed by atoms with Gasteiger partial charge in [-0.25, -0.2) is 9.59 Å². The molecule has 0 saturated heterocycles. The lowest BCUT2D eigenvalue weighted by molar-refractivity contribution is -0.385. The SMILES string of the molecule is CC1=C(C(=O)O)C(c2ccccc2[N+](=O)[O-])C(C(=O)O)=C(C)N1CCC(c1ccccc1)c1ccccc1. The van der Waals surface area contributed by atoms with Crippen LogP contribution in [-0.2, 0) is 9.59 Å². The van der Waals surface area contributed by atoms with Crippen LogP contribution in [0.3, 0.4) is 0 Å². The van der Waals surface area contributed by atoms with Crippen molar-refractivity contribution in [3.05, 3.63) is 134 Å². The maximum Gasteiger partial charge on any atom is 0.334 e. The number of nitro groups is 1. The first-order valence-corrected chi connectivity index (χ1v) is 12.2. The van der Waals surface area contributed by atoms with E-state index in [1.165, 1.54) is 18.2 Å². The number of allylic oxidation sites excluding steroid dienone is 2. The number of hydrogen-bond donors (Lipinski definition) is 2. The van der Waals surface area contributed by atoms with Gasteiger partial charge in [-0.1, -0.05) is 78.9 Å². The van der Waals surface area contributed by atoms with Gasteiger partial charge in [0.05, 0.1) is 22.0 Å². The third-order valence-corrected chi connectivity index (χ3v) is 7.12. The third kappa shape index (κ3) is 5.06. The summed E-state index contributed by atoms with van der Waals surface area (Å²) in [5, 5.41) is 32.2. The van der Waals surface area contributed by atoms with Crippen LogP contribution < -0.4 is 0 Å². The number of para-hydroxylation sites is 1. The van der Waals surface area contributed by atoms with Crippen LogP contribution in [-0.4, -0.2) is 38.5 Å². The number of carbonyl (C=O) groups is 2. The summed E-state index contributed by atoms with van der Waals surface area (Å²) in [6.45, 7) is 3.62. The van der Waals surface area contributed by atoms with Crippen molar-refractivity contribution in [3.8, 4) is 0 Å². The lowest BCUT2D eigenvalue weighted by Gasteiger charge is -2.37. The van der Waals surface area contributed by atoms with Crippen molar-refractivity contribution in [2.24, 2.45) is 0 Å². The Morgan fingerprint density at radius 3 is 1.71 bits per heavy atom. The maximum atomic E-state index is 12.6. The van der Waals surface area contributed by atoms with E-state index in [1.807, 2.05) is 60.7 Å². The molecule has 0 unspecified atom stereocenters. The Hall–Kier alpha value is -4.72. The molecule has 0 atom stereocenters. The first-order valence-electron chi connectivity index (χ1n) is 12.2. The van der Waals surface area contributed by atoms with Crippen LogP contribution in [0.4, 0.5) is 5.69 Å². The molecule has 8 heteroatoms. The highest BCUT2D eigenvalue weighted by Crippen LogP contribution is 2.45. The van der Waals surface area contributed by atoms with Gasteiger partial charge in [0.1, 0.15) is 0 Å². The number of aliphatic carboxylic acids is 2. The van der Waals surface area contributed by atoms with Gasteiger partial charge in [0.2, 0.25) is 0 Å². The van der Waals surface area contributed by atoms with Crippen molar-refractivity contribution in [3.63, 3.8) is 0 Å². The summed E-state index contributed by atoms with van der Waals surface area (Å²) >= 11 is 0. The fourth-order valence-corrected chi connectivity index (χ4v) is 5.36. The Bertz CT molecular complexity index is 1350. The number of carboxylic acid groups (broad SMARTS) is 2.